The molecule has 0 spiro atoms. The van der Waals surface area contributed by atoms with Gasteiger partial charge < -0.3 is 16.4 Å². The van der Waals surface area contributed by atoms with Crippen LogP contribution in [0.5, 0.6) is 0 Å². The molecule has 0 atom stereocenters. The van der Waals surface area contributed by atoms with E-state index in [1.807, 2.05) is 38.5 Å². The van der Waals surface area contributed by atoms with Gasteiger partial charge in [0, 0.05) is 14.1 Å². The van der Waals surface area contributed by atoms with Crippen LogP contribution in [0.15, 0.2) is 24.9 Å². The van der Waals surface area contributed by atoms with Gasteiger partial charge in [-0.1, -0.05) is 12.7 Å². The predicted octanol–water partition coefficient (Wildman–Crippen LogP) is 2.14. The van der Waals surface area contributed by atoms with Crippen LogP contribution in [0.3, 0.4) is 0 Å². The highest BCUT2D eigenvalue weighted by Gasteiger charge is 2.02. The van der Waals surface area contributed by atoms with Gasteiger partial charge in [0.2, 0.25) is 0 Å². The molecule has 0 amide bonds. The fourth-order valence-electron chi connectivity index (χ4n) is 1.36. The lowest BCUT2D eigenvalue weighted by Gasteiger charge is -2.09. The molecule has 15 heavy (non-hydrogen) atoms. The topological polar surface area (TPSA) is 50.1 Å². The normalized spacial score (nSPS) is 10.3. The summed E-state index contributed by atoms with van der Waals surface area (Å²) in [5.41, 5.74) is 9.62. The average Bonchev–Trinajstić information content (AvgIpc) is 2.26. The van der Waals surface area contributed by atoms with Crippen LogP contribution in [0, 0.1) is 0 Å². The Morgan fingerprint density at radius 1 is 1.27 bits per heavy atom. The molecular formula is C12H17N3. The summed E-state index contributed by atoms with van der Waals surface area (Å²) in [6, 6.07) is 3.91. The van der Waals surface area contributed by atoms with Gasteiger partial charge in [0.15, 0.2) is 0 Å². The van der Waals surface area contributed by atoms with E-state index in [9.17, 15) is 0 Å². The van der Waals surface area contributed by atoms with Crippen LogP contribution in [-0.2, 0) is 0 Å². The number of rotatable bonds is 4. The molecule has 0 saturated heterocycles. The summed E-state index contributed by atoms with van der Waals surface area (Å²) in [6.07, 6.45) is 5.65. The molecule has 0 aliphatic heterocycles. The number of nitrogens with two attached hydrogens (primary N) is 1. The summed E-state index contributed by atoms with van der Waals surface area (Å²) < 4.78 is 0. The van der Waals surface area contributed by atoms with Crippen LogP contribution in [-0.4, -0.2) is 14.1 Å². The van der Waals surface area contributed by atoms with Gasteiger partial charge in [-0.15, -0.1) is 0 Å². The van der Waals surface area contributed by atoms with E-state index < -0.39 is 0 Å². The molecular weight excluding hydrogens is 186 g/mol. The van der Waals surface area contributed by atoms with Crippen LogP contribution in [0.25, 0.3) is 12.2 Å². The number of anilines is 2. The SMILES string of the molecule is C=Cc1cc(N)c(NC)cc1/C=C\NC. The van der Waals surface area contributed by atoms with Crippen molar-refractivity contribution in [1.29, 1.82) is 0 Å². The maximum Gasteiger partial charge on any atom is 0.0577 e. The third kappa shape index (κ3) is 2.53. The zero-order valence-electron chi connectivity index (χ0n) is 9.17. The molecule has 3 heteroatoms. The van der Waals surface area contributed by atoms with Gasteiger partial charge in [-0.3, -0.25) is 0 Å². The summed E-state index contributed by atoms with van der Waals surface area (Å²) in [4.78, 5) is 0. The Morgan fingerprint density at radius 3 is 2.53 bits per heavy atom. The fraction of sp³-hybridized carbons (Fsp3) is 0.167. The molecule has 4 N–H and O–H groups in total. The maximum atomic E-state index is 5.86. The predicted molar refractivity (Wildman–Crippen MR) is 68.6 cm³/mol. The van der Waals surface area contributed by atoms with E-state index in [4.69, 9.17) is 5.73 Å². The number of hydrogen-bond donors (Lipinski definition) is 3. The van der Waals surface area contributed by atoms with Crippen LogP contribution in [0.1, 0.15) is 11.1 Å². The van der Waals surface area contributed by atoms with Crippen molar-refractivity contribution in [1.82, 2.24) is 5.32 Å². The van der Waals surface area contributed by atoms with Crippen molar-refractivity contribution < 1.29 is 0 Å². The second-order valence-electron chi connectivity index (χ2n) is 3.14. The van der Waals surface area contributed by atoms with Crippen LogP contribution in [0.2, 0.25) is 0 Å². The van der Waals surface area contributed by atoms with Gasteiger partial charge in [-0.2, -0.15) is 0 Å². The first-order valence-corrected chi connectivity index (χ1v) is 4.80. The van der Waals surface area contributed by atoms with E-state index in [0.717, 1.165) is 22.5 Å². The van der Waals surface area contributed by atoms with Crippen LogP contribution >= 0.6 is 0 Å². The Bertz CT molecular complexity index is 381. The molecule has 0 heterocycles. The minimum Gasteiger partial charge on any atom is -0.397 e. The van der Waals surface area contributed by atoms with Crippen LogP contribution in [0.4, 0.5) is 11.4 Å². The highest BCUT2D eigenvalue weighted by atomic mass is 14.8. The average molecular weight is 203 g/mol. The van der Waals surface area contributed by atoms with E-state index >= 15 is 0 Å². The number of nitrogens with one attached hydrogen (secondary N) is 2. The summed E-state index contributed by atoms with van der Waals surface area (Å²) in [7, 11) is 3.71. The molecule has 0 aromatic heterocycles. The molecule has 80 valence electrons. The highest BCUT2D eigenvalue weighted by molar-refractivity contribution is 5.77. The molecule has 3 nitrogen and oxygen atoms in total. The van der Waals surface area contributed by atoms with E-state index in [0.29, 0.717) is 0 Å². The highest BCUT2D eigenvalue weighted by Crippen LogP contribution is 2.25. The van der Waals surface area contributed by atoms with E-state index in [1.54, 1.807) is 6.08 Å². The largest absolute Gasteiger partial charge is 0.397 e. The van der Waals surface area contributed by atoms with Gasteiger partial charge in [0.05, 0.1) is 11.4 Å². The van der Waals surface area contributed by atoms with E-state index in [2.05, 4.69) is 17.2 Å². The van der Waals surface area contributed by atoms with Gasteiger partial charge in [-0.25, -0.2) is 0 Å². The second kappa shape index (κ2) is 5.10. The summed E-state index contributed by atoms with van der Waals surface area (Å²) in [5.74, 6) is 0. The Hall–Kier alpha value is -1.90. The molecule has 1 aromatic rings. The Morgan fingerprint density at radius 2 is 2.00 bits per heavy atom. The van der Waals surface area contributed by atoms with E-state index in [-0.39, 0.29) is 0 Å². The quantitative estimate of drug-likeness (QED) is 0.657. The molecule has 0 aliphatic carbocycles. The molecule has 0 radical (unpaired) electrons. The number of hydrogen-bond acceptors (Lipinski definition) is 3. The standard InChI is InChI=1S/C12H17N3/c1-4-9-7-11(13)12(15-3)8-10(9)5-6-14-2/h4-8,14-15H,1,13H2,2-3H3/b6-5-. The fourth-order valence-corrected chi connectivity index (χ4v) is 1.36. The Labute approximate surface area is 90.7 Å². The van der Waals surface area contributed by atoms with Gasteiger partial charge in [0.1, 0.15) is 0 Å². The third-order valence-electron chi connectivity index (χ3n) is 2.17. The monoisotopic (exact) mass is 203 g/mol. The lowest BCUT2D eigenvalue weighted by atomic mass is 10.0. The summed E-state index contributed by atoms with van der Waals surface area (Å²) in [6.45, 7) is 3.77. The van der Waals surface area contributed by atoms with Gasteiger partial charge in [0.25, 0.3) is 0 Å². The lowest BCUT2D eigenvalue weighted by molar-refractivity contribution is 1.11. The zero-order valence-corrected chi connectivity index (χ0v) is 9.17. The van der Waals surface area contributed by atoms with Crippen molar-refractivity contribution in [2.45, 2.75) is 0 Å². The number of nitrogen functional groups attached to an aromatic ring is 1. The summed E-state index contributed by atoms with van der Waals surface area (Å²) in [5, 5.41) is 6.00. The van der Waals surface area contributed by atoms with E-state index in [1.165, 1.54) is 0 Å². The molecule has 1 aromatic carbocycles. The second-order valence-corrected chi connectivity index (χ2v) is 3.14. The lowest BCUT2D eigenvalue weighted by Crippen LogP contribution is -1.98. The van der Waals surface area contributed by atoms with Gasteiger partial charge in [-0.05, 0) is 35.5 Å². The zero-order chi connectivity index (χ0) is 11.3. The Kier molecular flexibility index (Phi) is 3.80. The molecule has 0 fully saturated rings. The van der Waals surface area contributed by atoms with Crippen LogP contribution < -0.4 is 16.4 Å². The first-order valence-electron chi connectivity index (χ1n) is 4.80. The van der Waals surface area contributed by atoms with Crippen molar-refractivity contribution in [2.75, 3.05) is 25.1 Å². The molecule has 0 bridgehead atoms. The smallest absolute Gasteiger partial charge is 0.0577 e. The molecule has 0 saturated carbocycles. The molecule has 1 rings (SSSR count). The first kappa shape index (κ1) is 11.2. The molecule has 0 aliphatic rings. The minimum absolute atomic E-state index is 0.731. The first-order chi connectivity index (χ1) is 7.22. The maximum absolute atomic E-state index is 5.86. The van der Waals surface area contributed by atoms with Crippen molar-refractivity contribution in [3.63, 3.8) is 0 Å². The summed E-state index contributed by atoms with van der Waals surface area (Å²) >= 11 is 0. The van der Waals surface area contributed by atoms with Crippen molar-refractivity contribution in [3.05, 3.63) is 36.0 Å². The van der Waals surface area contributed by atoms with Crippen molar-refractivity contribution in [3.8, 4) is 0 Å². The minimum atomic E-state index is 0.731. The van der Waals surface area contributed by atoms with Crippen molar-refractivity contribution in [2.24, 2.45) is 0 Å². The van der Waals surface area contributed by atoms with Crippen molar-refractivity contribution >= 4 is 23.5 Å². The molecule has 0 unspecified atom stereocenters. The third-order valence-corrected chi connectivity index (χ3v) is 2.17. The Balaban J connectivity index is 3.22. The van der Waals surface area contributed by atoms with Gasteiger partial charge >= 0.3 is 0 Å². The number of benzene rings is 1.